The van der Waals surface area contributed by atoms with Crippen molar-refractivity contribution in [3.05, 3.63) is 83.4 Å². The molecule has 1 atom stereocenters. The summed E-state index contributed by atoms with van der Waals surface area (Å²) in [5.74, 6) is 0.762. The molecule has 0 unspecified atom stereocenters. The van der Waals surface area contributed by atoms with Gasteiger partial charge in [0.15, 0.2) is 0 Å². The Bertz CT molecular complexity index is 1080. The molecule has 3 aromatic carbocycles. The number of halogens is 1. The van der Waals surface area contributed by atoms with Crippen LogP contribution in [0, 0.1) is 12.8 Å². The fourth-order valence-electron chi connectivity index (χ4n) is 3.44. The highest BCUT2D eigenvalue weighted by Crippen LogP contribution is 2.28. The van der Waals surface area contributed by atoms with Crippen LogP contribution in [0.1, 0.15) is 12.0 Å². The van der Waals surface area contributed by atoms with Gasteiger partial charge in [-0.2, -0.15) is 0 Å². The maximum atomic E-state index is 12.7. The molecule has 1 aliphatic rings. The van der Waals surface area contributed by atoms with E-state index in [4.69, 9.17) is 16.3 Å². The average Bonchev–Trinajstić information content (AvgIpc) is 3.11. The number of hydrogen-bond donors (Lipinski definition) is 1. The van der Waals surface area contributed by atoms with Crippen LogP contribution in [0.25, 0.3) is 0 Å². The van der Waals surface area contributed by atoms with E-state index in [1.165, 1.54) is 0 Å². The zero-order valence-corrected chi connectivity index (χ0v) is 17.2. The second-order valence-corrected chi connectivity index (χ2v) is 7.75. The molecule has 6 heteroatoms. The van der Waals surface area contributed by atoms with Crippen LogP contribution in [0.15, 0.2) is 72.8 Å². The molecule has 0 spiro atoms. The van der Waals surface area contributed by atoms with Crippen molar-refractivity contribution >= 4 is 34.8 Å². The second-order valence-electron chi connectivity index (χ2n) is 7.32. The molecule has 1 saturated heterocycles. The summed E-state index contributed by atoms with van der Waals surface area (Å²) in [6.07, 6.45) is 0.174. The van der Waals surface area contributed by atoms with E-state index in [1.807, 2.05) is 37.3 Å². The summed E-state index contributed by atoms with van der Waals surface area (Å²) in [6, 6.07) is 22.1. The van der Waals surface area contributed by atoms with Gasteiger partial charge in [-0.15, -0.1) is 0 Å². The molecule has 152 valence electrons. The molecule has 4 rings (SSSR count). The molecule has 1 N–H and O–H groups in total. The lowest BCUT2D eigenvalue weighted by atomic mass is 10.1. The van der Waals surface area contributed by atoms with Crippen LogP contribution in [0.4, 0.5) is 11.4 Å². The summed E-state index contributed by atoms with van der Waals surface area (Å²) in [4.78, 5) is 26.7. The highest BCUT2D eigenvalue weighted by atomic mass is 35.5. The van der Waals surface area contributed by atoms with E-state index in [9.17, 15) is 9.59 Å². The molecule has 3 aromatic rings. The highest BCUT2D eigenvalue weighted by Gasteiger charge is 2.35. The van der Waals surface area contributed by atoms with Crippen molar-refractivity contribution in [1.29, 1.82) is 0 Å². The van der Waals surface area contributed by atoms with Crippen LogP contribution in [0.5, 0.6) is 11.5 Å². The maximum Gasteiger partial charge on any atom is 0.229 e. The molecule has 2 amide bonds. The first-order valence-electron chi connectivity index (χ1n) is 9.69. The van der Waals surface area contributed by atoms with E-state index in [0.29, 0.717) is 28.7 Å². The second kappa shape index (κ2) is 8.59. The number of amides is 2. The largest absolute Gasteiger partial charge is 0.457 e. The Morgan fingerprint density at radius 1 is 1.03 bits per heavy atom. The minimum absolute atomic E-state index is 0.0840. The zero-order valence-electron chi connectivity index (χ0n) is 16.5. The highest BCUT2D eigenvalue weighted by molar-refractivity contribution is 6.31. The number of anilines is 2. The van der Waals surface area contributed by atoms with E-state index < -0.39 is 5.92 Å². The Kier molecular flexibility index (Phi) is 5.72. The smallest absolute Gasteiger partial charge is 0.229 e. The zero-order chi connectivity index (χ0) is 21.1. The molecule has 0 saturated carbocycles. The summed E-state index contributed by atoms with van der Waals surface area (Å²) in [7, 11) is 0. The Balaban J connectivity index is 1.37. The average molecular weight is 421 g/mol. The first kappa shape index (κ1) is 20.0. The van der Waals surface area contributed by atoms with Gasteiger partial charge in [-0.1, -0.05) is 29.8 Å². The number of rotatable bonds is 5. The number of aryl methyl sites for hydroxylation is 1. The van der Waals surface area contributed by atoms with E-state index in [-0.39, 0.29) is 18.2 Å². The van der Waals surface area contributed by atoms with Gasteiger partial charge < -0.3 is 15.0 Å². The molecule has 0 bridgehead atoms. The molecular weight excluding hydrogens is 400 g/mol. The molecule has 1 heterocycles. The van der Waals surface area contributed by atoms with Crippen LogP contribution in [-0.4, -0.2) is 18.4 Å². The SMILES string of the molecule is Cc1cccc(Oc2ccc(NC(=O)[C@H]3CC(=O)N(c4cccc(Cl)c4)C3)cc2)c1. The van der Waals surface area contributed by atoms with Gasteiger partial charge in [0, 0.05) is 29.4 Å². The van der Waals surface area contributed by atoms with Crippen molar-refractivity contribution in [3.63, 3.8) is 0 Å². The van der Waals surface area contributed by atoms with Crippen LogP contribution in [0.3, 0.4) is 0 Å². The molecule has 0 aromatic heterocycles. The van der Waals surface area contributed by atoms with Crippen molar-refractivity contribution in [2.45, 2.75) is 13.3 Å². The number of nitrogens with one attached hydrogen (secondary N) is 1. The quantitative estimate of drug-likeness (QED) is 0.598. The maximum absolute atomic E-state index is 12.7. The number of carbonyl (C=O) groups is 2. The van der Waals surface area contributed by atoms with Crippen LogP contribution >= 0.6 is 11.6 Å². The van der Waals surface area contributed by atoms with Gasteiger partial charge in [-0.25, -0.2) is 0 Å². The summed E-state index contributed by atoms with van der Waals surface area (Å²) in [5.41, 5.74) is 2.49. The lowest BCUT2D eigenvalue weighted by Gasteiger charge is -2.17. The number of benzene rings is 3. The summed E-state index contributed by atoms with van der Waals surface area (Å²) in [5, 5.41) is 3.45. The van der Waals surface area contributed by atoms with Gasteiger partial charge in [0.25, 0.3) is 0 Å². The van der Waals surface area contributed by atoms with Crippen molar-refractivity contribution in [2.75, 3.05) is 16.8 Å². The summed E-state index contributed by atoms with van der Waals surface area (Å²) >= 11 is 6.02. The topological polar surface area (TPSA) is 58.6 Å². The number of ether oxygens (including phenoxy) is 1. The van der Waals surface area contributed by atoms with E-state index in [2.05, 4.69) is 5.32 Å². The van der Waals surface area contributed by atoms with Crippen molar-refractivity contribution in [3.8, 4) is 11.5 Å². The van der Waals surface area contributed by atoms with Gasteiger partial charge in [0.05, 0.1) is 5.92 Å². The predicted molar refractivity (Wildman–Crippen MR) is 118 cm³/mol. The lowest BCUT2D eigenvalue weighted by molar-refractivity contribution is -0.122. The number of nitrogens with zero attached hydrogens (tertiary/aromatic N) is 1. The van der Waals surface area contributed by atoms with E-state index in [1.54, 1.807) is 47.4 Å². The molecule has 0 radical (unpaired) electrons. The third kappa shape index (κ3) is 4.63. The van der Waals surface area contributed by atoms with Gasteiger partial charge >= 0.3 is 0 Å². The first-order chi connectivity index (χ1) is 14.5. The Labute approximate surface area is 180 Å². The third-order valence-corrected chi connectivity index (χ3v) is 5.20. The van der Waals surface area contributed by atoms with E-state index >= 15 is 0 Å². The van der Waals surface area contributed by atoms with Crippen LogP contribution in [0.2, 0.25) is 5.02 Å². The third-order valence-electron chi connectivity index (χ3n) is 4.96. The Morgan fingerprint density at radius 2 is 1.80 bits per heavy atom. The minimum atomic E-state index is -0.417. The number of hydrogen-bond acceptors (Lipinski definition) is 3. The van der Waals surface area contributed by atoms with Crippen LogP contribution in [-0.2, 0) is 9.59 Å². The molecular formula is C24H21ClN2O3. The van der Waals surface area contributed by atoms with Gasteiger partial charge in [0.1, 0.15) is 11.5 Å². The molecule has 5 nitrogen and oxygen atoms in total. The molecule has 1 aliphatic heterocycles. The predicted octanol–water partition coefficient (Wildman–Crippen LogP) is 5.43. The summed E-state index contributed by atoms with van der Waals surface area (Å²) in [6.45, 7) is 2.34. The van der Waals surface area contributed by atoms with Gasteiger partial charge in [0.2, 0.25) is 11.8 Å². The molecule has 30 heavy (non-hydrogen) atoms. The minimum Gasteiger partial charge on any atom is -0.457 e. The summed E-state index contributed by atoms with van der Waals surface area (Å²) < 4.78 is 5.83. The van der Waals surface area contributed by atoms with Crippen LogP contribution < -0.4 is 15.0 Å². The van der Waals surface area contributed by atoms with Crippen molar-refractivity contribution in [1.82, 2.24) is 0 Å². The monoisotopic (exact) mass is 420 g/mol. The fourth-order valence-corrected chi connectivity index (χ4v) is 3.63. The van der Waals surface area contributed by atoms with Gasteiger partial charge in [-0.3, -0.25) is 9.59 Å². The van der Waals surface area contributed by atoms with Crippen molar-refractivity contribution < 1.29 is 14.3 Å². The molecule has 0 aliphatic carbocycles. The number of carbonyl (C=O) groups excluding carboxylic acids is 2. The Morgan fingerprint density at radius 3 is 2.53 bits per heavy atom. The Hall–Kier alpha value is -3.31. The van der Waals surface area contributed by atoms with E-state index in [0.717, 1.165) is 11.3 Å². The molecule has 1 fully saturated rings. The van der Waals surface area contributed by atoms with Crippen molar-refractivity contribution in [2.24, 2.45) is 5.92 Å². The van der Waals surface area contributed by atoms with Gasteiger partial charge in [-0.05, 0) is 67.1 Å². The lowest BCUT2D eigenvalue weighted by Crippen LogP contribution is -2.28. The normalized spacial score (nSPS) is 15.9. The fraction of sp³-hybridized carbons (Fsp3) is 0.167. The standard InChI is InChI=1S/C24H21ClN2O3/c1-16-4-2-7-22(12-16)30-21-10-8-19(9-11-21)26-24(29)17-13-23(28)27(15-17)20-6-3-5-18(25)14-20/h2-12,14,17H,13,15H2,1H3,(H,26,29)/t17-/m0/s1. The first-order valence-corrected chi connectivity index (χ1v) is 10.1.